The third-order valence-electron chi connectivity index (χ3n) is 2.99. The van der Waals surface area contributed by atoms with Gasteiger partial charge >= 0.3 is 0 Å². The van der Waals surface area contributed by atoms with Gasteiger partial charge in [0.15, 0.2) is 5.82 Å². The Labute approximate surface area is 100 Å². The number of aromatic nitrogens is 4. The fourth-order valence-corrected chi connectivity index (χ4v) is 3.58. The molecule has 1 aliphatic rings. The van der Waals surface area contributed by atoms with E-state index in [1.54, 1.807) is 7.05 Å². The van der Waals surface area contributed by atoms with Crippen LogP contribution in [0.3, 0.4) is 0 Å². The SMILES string of the molecule is CNC(Cc1nnn(C)n1)C1CCCCS1. The molecular weight excluding hydrogens is 222 g/mol. The molecule has 16 heavy (non-hydrogen) atoms. The van der Waals surface area contributed by atoms with Crippen molar-refractivity contribution in [1.82, 2.24) is 25.5 Å². The van der Waals surface area contributed by atoms with Crippen LogP contribution in [0.5, 0.6) is 0 Å². The van der Waals surface area contributed by atoms with E-state index in [4.69, 9.17) is 0 Å². The zero-order valence-corrected chi connectivity index (χ0v) is 10.7. The molecule has 1 saturated heterocycles. The normalized spacial score (nSPS) is 23.2. The van der Waals surface area contributed by atoms with Crippen LogP contribution < -0.4 is 5.32 Å². The van der Waals surface area contributed by atoms with Crippen molar-refractivity contribution in [3.8, 4) is 0 Å². The van der Waals surface area contributed by atoms with E-state index in [1.165, 1.54) is 29.8 Å². The summed E-state index contributed by atoms with van der Waals surface area (Å²) in [7, 11) is 3.83. The lowest BCUT2D eigenvalue weighted by Crippen LogP contribution is -2.39. The minimum atomic E-state index is 0.467. The predicted octanol–water partition coefficient (Wildman–Crippen LogP) is 0.626. The van der Waals surface area contributed by atoms with E-state index in [-0.39, 0.29) is 0 Å². The van der Waals surface area contributed by atoms with Gasteiger partial charge in [-0.3, -0.25) is 0 Å². The number of hydrogen-bond acceptors (Lipinski definition) is 5. The van der Waals surface area contributed by atoms with Crippen LogP contribution in [0.1, 0.15) is 25.1 Å². The Balaban J connectivity index is 1.94. The summed E-state index contributed by atoms with van der Waals surface area (Å²) in [6.07, 6.45) is 4.89. The molecule has 0 saturated carbocycles. The Hall–Kier alpha value is -0.620. The molecule has 1 N–H and O–H groups in total. The maximum atomic E-state index is 4.24. The first-order valence-corrected chi connectivity index (χ1v) is 6.86. The van der Waals surface area contributed by atoms with Crippen LogP contribution in [0.2, 0.25) is 0 Å². The quantitative estimate of drug-likeness (QED) is 0.838. The monoisotopic (exact) mass is 241 g/mol. The lowest BCUT2D eigenvalue weighted by molar-refractivity contribution is 0.485. The Kier molecular flexibility index (Phi) is 4.17. The summed E-state index contributed by atoms with van der Waals surface area (Å²) in [5.74, 6) is 2.13. The molecule has 1 aromatic heterocycles. The summed E-state index contributed by atoms with van der Waals surface area (Å²) < 4.78 is 0. The van der Waals surface area contributed by atoms with Crippen molar-refractivity contribution >= 4 is 11.8 Å². The molecule has 1 aliphatic heterocycles. The molecule has 2 rings (SSSR count). The van der Waals surface area contributed by atoms with Gasteiger partial charge in [-0.2, -0.15) is 16.6 Å². The van der Waals surface area contributed by atoms with Crippen molar-refractivity contribution in [2.75, 3.05) is 12.8 Å². The van der Waals surface area contributed by atoms with Crippen LogP contribution in [-0.2, 0) is 13.5 Å². The number of nitrogens with one attached hydrogen (secondary N) is 1. The molecule has 1 aromatic rings. The largest absolute Gasteiger partial charge is 0.315 e. The van der Waals surface area contributed by atoms with Crippen LogP contribution in [0.25, 0.3) is 0 Å². The molecule has 2 heterocycles. The third-order valence-corrected chi connectivity index (χ3v) is 4.50. The first-order chi connectivity index (χ1) is 7.79. The molecule has 0 spiro atoms. The van der Waals surface area contributed by atoms with Gasteiger partial charge in [-0.15, -0.1) is 10.2 Å². The maximum Gasteiger partial charge on any atom is 0.176 e. The van der Waals surface area contributed by atoms with E-state index in [0.29, 0.717) is 11.3 Å². The first kappa shape index (κ1) is 11.9. The van der Waals surface area contributed by atoms with Gasteiger partial charge in [0.25, 0.3) is 0 Å². The van der Waals surface area contributed by atoms with Gasteiger partial charge in [-0.05, 0) is 30.9 Å². The molecule has 90 valence electrons. The number of thioether (sulfide) groups is 1. The molecular formula is C10H19N5S. The lowest BCUT2D eigenvalue weighted by atomic mass is 10.0. The standard InChI is InChI=1S/C10H19N5S/c1-11-8(9-5-3-4-6-16-9)7-10-12-14-15(2)13-10/h8-9,11H,3-7H2,1-2H3. The number of aryl methyl sites for hydroxylation is 1. The molecule has 5 nitrogen and oxygen atoms in total. The van der Waals surface area contributed by atoms with E-state index in [9.17, 15) is 0 Å². The lowest BCUT2D eigenvalue weighted by Gasteiger charge is -2.28. The molecule has 6 heteroatoms. The Bertz CT molecular complexity index is 321. The van der Waals surface area contributed by atoms with Gasteiger partial charge in [0.1, 0.15) is 0 Å². The molecule has 0 bridgehead atoms. The van der Waals surface area contributed by atoms with Gasteiger partial charge in [0.05, 0.1) is 7.05 Å². The Morgan fingerprint density at radius 1 is 1.56 bits per heavy atom. The zero-order valence-electron chi connectivity index (χ0n) is 9.89. The molecule has 0 radical (unpaired) electrons. The molecule has 0 aliphatic carbocycles. The second-order valence-electron chi connectivity index (χ2n) is 4.20. The third kappa shape index (κ3) is 2.95. The van der Waals surface area contributed by atoms with E-state index >= 15 is 0 Å². The van der Waals surface area contributed by atoms with Crippen molar-refractivity contribution in [3.63, 3.8) is 0 Å². The van der Waals surface area contributed by atoms with Gasteiger partial charge < -0.3 is 5.32 Å². The summed E-state index contributed by atoms with van der Waals surface area (Å²) in [6, 6.07) is 0.467. The van der Waals surface area contributed by atoms with Crippen molar-refractivity contribution in [1.29, 1.82) is 0 Å². The van der Waals surface area contributed by atoms with Crippen LogP contribution in [0, 0.1) is 0 Å². The molecule has 0 amide bonds. The van der Waals surface area contributed by atoms with Crippen molar-refractivity contribution in [3.05, 3.63) is 5.82 Å². The molecule has 1 fully saturated rings. The fraction of sp³-hybridized carbons (Fsp3) is 0.900. The van der Waals surface area contributed by atoms with E-state index in [0.717, 1.165) is 12.2 Å². The number of hydrogen-bond donors (Lipinski definition) is 1. The summed E-state index contributed by atoms with van der Waals surface area (Å²) in [5.41, 5.74) is 0. The highest BCUT2D eigenvalue weighted by molar-refractivity contribution is 8.00. The smallest absolute Gasteiger partial charge is 0.176 e. The van der Waals surface area contributed by atoms with Crippen molar-refractivity contribution < 1.29 is 0 Å². The molecule has 0 aromatic carbocycles. The first-order valence-electron chi connectivity index (χ1n) is 5.81. The number of nitrogens with zero attached hydrogens (tertiary/aromatic N) is 4. The van der Waals surface area contributed by atoms with E-state index < -0.39 is 0 Å². The highest BCUT2D eigenvalue weighted by atomic mass is 32.2. The average Bonchev–Trinajstić information content (AvgIpc) is 2.73. The minimum Gasteiger partial charge on any atom is -0.315 e. The molecule has 2 atom stereocenters. The number of likely N-dealkylation sites (N-methyl/N-ethyl adjacent to an activating group) is 1. The van der Waals surface area contributed by atoms with Gasteiger partial charge in [0.2, 0.25) is 0 Å². The van der Waals surface area contributed by atoms with Crippen molar-refractivity contribution in [2.24, 2.45) is 7.05 Å². The average molecular weight is 241 g/mol. The number of tetrazole rings is 1. The Morgan fingerprint density at radius 3 is 3.00 bits per heavy atom. The van der Waals surface area contributed by atoms with E-state index in [1.807, 2.05) is 7.05 Å². The summed E-state index contributed by atoms with van der Waals surface area (Å²) in [4.78, 5) is 1.52. The maximum absolute atomic E-state index is 4.24. The molecule has 2 unspecified atom stereocenters. The second-order valence-corrected chi connectivity index (χ2v) is 5.55. The summed E-state index contributed by atoms with van der Waals surface area (Å²) >= 11 is 2.08. The Morgan fingerprint density at radius 2 is 2.44 bits per heavy atom. The van der Waals surface area contributed by atoms with Gasteiger partial charge in [0, 0.05) is 17.7 Å². The summed E-state index contributed by atoms with van der Waals surface area (Å²) in [5, 5.41) is 16.2. The van der Waals surface area contributed by atoms with Crippen LogP contribution in [0.15, 0.2) is 0 Å². The van der Waals surface area contributed by atoms with Gasteiger partial charge in [-0.1, -0.05) is 6.42 Å². The van der Waals surface area contributed by atoms with Crippen LogP contribution >= 0.6 is 11.8 Å². The van der Waals surface area contributed by atoms with Crippen LogP contribution in [-0.4, -0.2) is 44.3 Å². The van der Waals surface area contributed by atoms with Crippen LogP contribution in [0.4, 0.5) is 0 Å². The highest BCUT2D eigenvalue weighted by Gasteiger charge is 2.24. The minimum absolute atomic E-state index is 0.467. The topological polar surface area (TPSA) is 55.6 Å². The number of rotatable bonds is 4. The predicted molar refractivity (Wildman–Crippen MR) is 65.4 cm³/mol. The van der Waals surface area contributed by atoms with E-state index in [2.05, 4.69) is 32.5 Å². The second kappa shape index (κ2) is 5.63. The van der Waals surface area contributed by atoms with Crippen molar-refractivity contribution in [2.45, 2.75) is 37.0 Å². The summed E-state index contributed by atoms with van der Waals surface area (Å²) in [6.45, 7) is 0. The van der Waals surface area contributed by atoms with Gasteiger partial charge in [-0.25, -0.2) is 0 Å². The zero-order chi connectivity index (χ0) is 11.4. The highest BCUT2D eigenvalue weighted by Crippen LogP contribution is 2.28. The fourth-order valence-electron chi connectivity index (χ4n) is 2.10.